The number of rotatable bonds is 10. The van der Waals surface area contributed by atoms with Crippen molar-refractivity contribution < 1.29 is 23.7 Å². The van der Waals surface area contributed by atoms with Crippen molar-refractivity contribution in [1.29, 1.82) is 0 Å². The predicted molar refractivity (Wildman–Crippen MR) is 167 cm³/mol. The van der Waals surface area contributed by atoms with Crippen LogP contribution in [0.4, 0.5) is 0 Å². The number of benzene rings is 3. The molecular weight excluding hydrogens is 588 g/mol. The molecule has 0 fully saturated rings. The summed E-state index contributed by atoms with van der Waals surface area (Å²) in [6.45, 7) is 6.34. The van der Waals surface area contributed by atoms with Crippen LogP contribution in [0.2, 0.25) is 5.02 Å². The lowest BCUT2D eigenvalue weighted by Crippen LogP contribution is -2.39. The average molecular weight is 619 g/mol. The third-order valence-corrected chi connectivity index (χ3v) is 8.26. The molecule has 1 atom stereocenters. The number of aromatic nitrogens is 1. The summed E-state index contributed by atoms with van der Waals surface area (Å²) in [6.07, 6.45) is 1.80. The van der Waals surface area contributed by atoms with E-state index < -0.39 is 12.0 Å². The Bertz CT molecular complexity index is 1860. The molecule has 0 saturated heterocycles. The minimum Gasteiger partial charge on any atom is -0.497 e. The van der Waals surface area contributed by atoms with Gasteiger partial charge in [0.15, 0.2) is 4.80 Å². The zero-order valence-corrected chi connectivity index (χ0v) is 25.8. The van der Waals surface area contributed by atoms with E-state index in [4.69, 9.17) is 30.5 Å². The second-order valence-electron chi connectivity index (χ2n) is 9.76. The summed E-state index contributed by atoms with van der Waals surface area (Å²) in [5.74, 6) is 1.54. The SMILES string of the molecule is CCOC(=O)C1=C(C)N=c2s/c(=C\c3cccc(OCCOc4ccc(Cl)c(C)c4)c3)c(=O)n2[C@H]1c1ccc(OC)cc1. The van der Waals surface area contributed by atoms with Gasteiger partial charge in [0, 0.05) is 5.02 Å². The highest BCUT2D eigenvalue weighted by molar-refractivity contribution is 7.07. The van der Waals surface area contributed by atoms with Crippen molar-refractivity contribution in [2.45, 2.75) is 26.8 Å². The lowest BCUT2D eigenvalue weighted by Gasteiger charge is -2.24. The molecule has 3 aromatic carbocycles. The van der Waals surface area contributed by atoms with Crippen molar-refractivity contribution >= 4 is 35.0 Å². The van der Waals surface area contributed by atoms with Gasteiger partial charge in [-0.25, -0.2) is 9.79 Å². The maximum absolute atomic E-state index is 13.9. The zero-order valence-electron chi connectivity index (χ0n) is 24.3. The van der Waals surface area contributed by atoms with E-state index in [1.165, 1.54) is 11.3 Å². The van der Waals surface area contributed by atoms with Crippen molar-refractivity contribution in [1.82, 2.24) is 4.57 Å². The number of fused-ring (bicyclic) bond motifs is 1. The van der Waals surface area contributed by atoms with Crippen LogP contribution in [0.1, 0.15) is 36.6 Å². The van der Waals surface area contributed by atoms with Gasteiger partial charge < -0.3 is 18.9 Å². The number of esters is 1. The van der Waals surface area contributed by atoms with E-state index in [0.29, 0.717) is 50.3 Å². The van der Waals surface area contributed by atoms with Gasteiger partial charge in [0.1, 0.15) is 30.5 Å². The summed E-state index contributed by atoms with van der Waals surface area (Å²) in [4.78, 5) is 32.1. The molecule has 1 aliphatic heterocycles. The molecule has 1 aliphatic rings. The van der Waals surface area contributed by atoms with Crippen molar-refractivity contribution in [3.05, 3.63) is 119 Å². The number of carbonyl (C=O) groups excluding carboxylic acids is 1. The third kappa shape index (κ3) is 6.68. The first-order chi connectivity index (χ1) is 20.8. The number of thiazole rings is 1. The number of hydrogen-bond donors (Lipinski definition) is 0. The summed E-state index contributed by atoms with van der Waals surface area (Å²) in [7, 11) is 1.59. The molecule has 4 aromatic rings. The lowest BCUT2D eigenvalue weighted by atomic mass is 9.96. The Morgan fingerprint density at radius 3 is 2.37 bits per heavy atom. The van der Waals surface area contributed by atoms with Crippen LogP contribution in [0, 0.1) is 6.92 Å². The number of methoxy groups -OCH3 is 1. The molecule has 1 aromatic heterocycles. The van der Waals surface area contributed by atoms with Crippen molar-refractivity contribution in [3.63, 3.8) is 0 Å². The molecule has 43 heavy (non-hydrogen) atoms. The fraction of sp³-hybridized carbons (Fsp3) is 0.242. The first-order valence-electron chi connectivity index (χ1n) is 13.7. The van der Waals surface area contributed by atoms with Crippen LogP contribution in [0.25, 0.3) is 6.08 Å². The maximum atomic E-state index is 13.9. The quantitative estimate of drug-likeness (QED) is 0.179. The Labute approximate surface area is 258 Å². The van der Waals surface area contributed by atoms with Crippen LogP contribution >= 0.6 is 22.9 Å². The smallest absolute Gasteiger partial charge is 0.338 e. The van der Waals surface area contributed by atoms with Gasteiger partial charge in [-0.05, 0) is 86.0 Å². The summed E-state index contributed by atoms with van der Waals surface area (Å²) in [5, 5.41) is 0.693. The van der Waals surface area contributed by atoms with E-state index in [9.17, 15) is 9.59 Å². The van der Waals surface area contributed by atoms with Gasteiger partial charge in [-0.1, -0.05) is 47.2 Å². The van der Waals surface area contributed by atoms with Gasteiger partial charge in [-0.15, -0.1) is 0 Å². The Morgan fingerprint density at radius 1 is 1.00 bits per heavy atom. The number of halogens is 1. The minimum atomic E-state index is -0.692. The molecule has 0 radical (unpaired) electrons. The number of ether oxygens (including phenoxy) is 4. The Hall–Kier alpha value is -4.34. The van der Waals surface area contributed by atoms with E-state index in [2.05, 4.69) is 4.99 Å². The molecule has 2 heterocycles. The summed E-state index contributed by atoms with van der Waals surface area (Å²) < 4.78 is 24.4. The standard InChI is InChI=1S/C33H31ClN2O6S/c1-5-40-32(38)29-21(3)35-33-36(30(29)23-9-11-24(39-4)12-10-23)31(37)28(43-33)19-22-7-6-8-25(18-22)41-15-16-42-26-13-14-27(34)20(2)17-26/h6-14,17-19,30H,5,15-16H2,1-4H3/b28-19-/t30-/m0/s1. The van der Waals surface area contributed by atoms with E-state index in [0.717, 1.165) is 22.4 Å². The Morgan fingerprint density at radius 2 is 1.70 bits per heavy atom. The predicted octanol–water partition coefficient (Wildman–Crippen LogP) is 5.23. The van der Waals surface area contributed by atoms with Crippen molar-refractivity contribution in [2.24, 2.45) is 4.99 Å². The molecule has 0 amide bonds. The van der Waals surface area contributed by atoms with E-state index in [-0.39, 0.29) is 12.2 Å². The fourth-order valence-corrected chi connectivity index (χ4v) is 5.93. The van der Waals surface area contributed by atoms with Crippen LogP contribution in [0.3, 0.4) is 0 Å². The second-order valence-corrected chi connectivity index (χ2v) is 11.2. The highest BCUT2D eigenvalue weighted by Crippen LogP contribution is 2.31. The number of nitrogens with zero attached hydrogens (tertiary/aromatic N) is 2. The van der Waals surface area contributed by atoms with E-state index in [1.54, 1.807) is 49.8 Å². The molecule has 0 bridgehead atoms. The van der Waals surface area contributed by atoms with Crippen LogP contribution in [0.15, 0.2) is 87.8 Å². The molecule has 0 saturated carbocycles. The summed E-state index contributed by atoms with van der Waals surface area (Å²) in [5.41, 5.74) is 3.07. The van der Waals surface area contributed by atoms with Crippen molar-refractivity contribution in [3.8, 4) is 17.2 Å². The van der Waals surface area contributed by atoms with Crippen LogP contribution in [0.5, 0.6) is 17.2 Å². The first kappa shape index (κ1) is 30.1. The number of hydrogen-bond acceptors (Lipinski definition) is 8. The number of allylic oxidation sites excluding steroid dienone is 1. The molecule has 10 heteroatoms. The van der Waals surface area contributed by atoms with E-state index in [1.807, 2.05) is 55.5 Å². The molecule has 8 nitrogen and oxygen atoms in total. The maximum Gasteiger partial charge on any atom is 0.338 e. The average Bonchev–Trinajstić information content (AvgIpc) is 3.30. The van der Waals surface area contributed by atoms with Crippen LogP contribution in [-0.4, -0.2) is 37.5 Å². The summed E-state index contributed by atoms with van der Waals surface area (Å²) in [6, 6.07) is 19.6. The monoisotopic (exact) mass is 618 g/mol. The highest BCUT2D eigenvalue weighted by atomic mass is 35.5. The van der Waals surface area contributed by atoms with Crippen molar-refractivity contribution in [2.75, 3.05) is 26.9 Å². The molecule has 0 aliphatic carbocycles. The third-order valence-electron chi connectivity index (χ3n) is 6.85. The van der Waals surface area contributed by atoms with E-state index >= 15 is 0 Å². The Balaban J connectivity index is 1.42. The van der Waals surface area contributed by atoms with Gasteiger partial charge in [0.2, 0.25) is 0 Å². The molecule has 0 spiro atoms. The zero-order chi connectivity index (χ0) is 30.5. The molecule has 5 rings (SSSR count). The lowest BCUT2D eigenvalue weighted by molar-refractivity contribution is -0.139. The van der Waals surface area contributed by atoms with Crippen LogP contribution < -0.4 is 29.1 Å². The molecule has 0 unspecified atom stereocenters. The molecule has 0 N–H and O–H groups in total. The number of aryl methyl sites for hydroxylation is 1. The molecular formula is C33H31ClN2O6S. The normalized spacial score (nSPS) is 14.6. The molecule has 222 valence electrons. The van der Waals surface area contributed by atoms with Gasteiger partial charge in [-0.2, -0.15) is 0 Å². The highest BCUT2D eigenvalue weighted by Gasteiger charge is 2.33. The summed E-state index contributed by atoms with van der Waals surface area (Å²) >= 11 is 7.35. The second kappa shape index (κ2) is 13.3. The van der Waals surface area contributed by atoms with Gasteiger partial charge in [0.25, 0.3) is 5.56 Å². The van der Waals surface area contributed by atoms with Gasteiger partial charge in [0.05, 0.1) is 35.6 Å². The minimum absolute atomic E-state index is 0.209. The van der Waals surface area contributed by atoms with Gasteiger partial charge >= 0.3 is 5.97 Å². The topological polar surface area (TPSA) is 88.4 Å². The van der Waals surface area contributed by atoms with Gasteiger partial charge in [-0.3, -0.25) is 9.36 Å². The largest absolute Gasteiger partial charge is 0.497 e. The fourth-order valence-electron chi connectivity index (χ4n) is 4.76. The Kier molecular flexibility index (Phi) is 9.33. The number of carbonyl (C=O) groups is 1. The first-order valence-corrected chi connectivity index (χ1v) is 14.9. The van der Waals surface area contributed by atoms with Crippen LogP contribution in [-0.2, 0) is 9.53 Å².